The molecule has 0 aliphatic carbocycles. The molecular weight excluding hydrogens is 421 g/mol. The predicted octanol–water partition coefficient (Wildman–Crippen LogP) is 1.39. The molecule has 2 fully saturated rings. The van der Waals surface area contributed by atoms with Gasteiger partial charge in [0.2, 0.25) is 5.88 Å². The number of nitrogens with zero attached hydrogens (tertiary/aromatic N) is 2. The van der Waals surface area contributed by atoms with E-state index in [1.54, 1.807) is 13.2 Å². The third-order valence-corrected chi connectivity index (χ3v) is 5.75. The van der Waals surface area contributed by atoms with Crippen LogP contribution in [0.1, 0.15) is 30.8 Å². The summed E-state index contributed by atoms with van der Waals surface area (Å²) in [6.07, 6.45) is 0.792. The average Bonchev–Trinajstić information content (AvgIpc) is 2.71. The monoisotopic (exact) mass is 455 g/mol. The average molecular weight is 456 g/mol. The summed E-state index contributed by atoms with van der Waals surface area (Å²) in [5, 5.41) is 12.6. The fraction of sp³-hybridized carbons (Fsp3) is 0.727. The second-order valence-electron chi connectivity index (χ2n) is 9.00. The number of hydrogen-bond donors (Lipinski definition) is 2. The Hall–Kier alpha value is -2.01. The molecule has 0 saturated carbocycles. The third kappa shape index (κ3) is 6.06. The summed E-state index contributed by atoms with van der Waals surface area (Å²) in [5.74, 6) is 0.251. The number of anilines is 1. The van der Waals surface area contributed by atoms with Crippen LogP contribution in [0.2, 0.25) is 0 Å². The Morgan fingerprint density at radius 3 is 2.72 bits per heavy atom. The maximum atomic E-state index is 12.9. The number of pyridine rings is 1. The highest BCUT2D eigenvalue weighted by molar-refractivity contribution is 5.93. The third-order valence-electron chi connectivity index (χ3n) is 5.75. The van der Waals surface area contributed by atoms with Gasteiger partial charge < -0.3 is 34.3 Å². The zero-order valence-electron chi connectivity index (χ0n) is 19.0. The first-order chi connectivity index (χ1) is 15.4. The van der Waals surface area contributed by atoms with Crippen LogP contribution in [0.15, 0.2) is 12.1 Å². The quantitative estimate of drug-likeness (QED) is 0.460. The second-order valence-corrected chi connectivity index (χ2v) is 9.00. The van der Waals surface area contributed by atoms with Crippen molar-refractivity contribution in [2.45, 2.75) is 32.4 Å². The predicted molar refractivity (Wildman–Crippen MR) is 116 cm³/mol. The maximum Gasteiger partial charge on any atom is 0.270 e. The minimum atomic E-state index is -0.899. The van der Waals surface area contributed by atoms with E-state index in [-0.39, 0.29) is 43.6 Å². The van der Waals surface area contributed by atoms with Gasteiger partial charge in [0.25, 0.3) is 5.91 Å². The number of aliphatic hydroxyl groups excluding tert-OH is 1. The van der Waals surface area contributed by atoms with Gasteiger partial charge in [-0.05, 0) is 24.5 Å². The minimum Gasteiger partial charge on any atom is -0.475 e. The van der Waals surface area contributed by atoms with Crippen molar-refractivity contribution in [2.24, 2.45) is 11.3 Å². The molecule has 1 aromatic rings. The first kappa shape index (κ1) is 24.6. The molecule has 0 bridgehead atoms. The van der Waals surface area contributed by atoms with E-state index in [0.717, 1.165) is 5.69 Å². The highest BCUT2D eigenvalue weighted by atomic mass is 19.1. The van der Waals surface area contributed by atoms with Crippen LogP contribution in [0.3, 0.4) is 0 Å². The molecule has 9 nitrogen and oxygen atoms in total. The standard InChI is InChI=1S/C22H34FN3O6/c1-15(2)6-16(9-30-14-23)24-20(28)18-4-5-19(26-7-17(8-26)29-3)21(25-18)32-13-22(10-27)11-31-12-22/h4-5,15-17,27H,6-14H2,1-3H3,(H,24,28). The molecule has 2 aliphatic heterocycles. The van der Waals surface area contributed by atoms with Crippen molar-refractivity contribution >= 4 is 11.6 Å². The first-order valence-corrected chi connectivity index (χ1v) is 10.9. The molecule has 1 atom stereocenters. The highest BCUT2D eigenvalue weighted by Gasteiger charge is 2.40. The van der Waals surface area contributed by atoms with Crippen molar-refractivity contribution in [3.63, 3.8) is 0 Å². The van der Waals surface area contributed by atoms with Gasteiger partial charge in [0.15, 0.2) is 6.86 Å². The Kier molecular flexibility index (Phi) is 8.64. The summed E-state index contributed by atoms with van der Waals surface area (Å²) >= 11 is 0. The summed E-state index contributed by atoms with van der Waals surface area (Å²) in [5.41, 5.74) is 0.514. The number of amides is 1. The van der Waals surface area contributed by atoms with Crippen LogP contribution in [0.4, 0.5) is 10.1 Å². The van der Waals surface area contributed by atoms with E-state index in [1.165, 1.54) is 0 Å². The van der Waals surface area contributed by atoms with E-state index in [9.17, 15) is 14.3 Å². The topological polar surface area (TPSA) is 102 Å². The number of carbonyl (C=O) groups excluding carboxylic acids is 1. The molecule has 2 saturated heterocycles. The van der Waals surface area contributed by atoms with Gasteiger partial charge in [-0.2, -0.15) is 0 Å². The van der Waals surface area contributed by atoms with Crippen molar-refractivity contribution in [2.75, 3.05) is 65.0 Å². The van der Waals surface area contributed by atoms with Crippen LogP contribution in [-0.4, -0.2) is 88.2 Å². The number of rotatable bonds is 13. The van der Waals surface area contributed by atoms with Gasteiger partial charge in [0.05, 0.1) is 44.0 Å². The molecule has 1 unspecified atom stereocenters. The molecule has 0 spiro atoms. The fourth-order valence-electron chi connectivity index (χ4n) is 3.71. The van der Waals surface area contributed by atoms with Gasteiger partial charge in [-0.1, -0.05) is 13.8 Å². The molecule has 0 radical (unpaired) electrons. The zero-order chi connectivity index (χ0) is 23.1. The lowest BCUT2D eigenvalue weighted by Crippen LogP contribution is -2.52. The van der Waals surface area contributed by atoms with Crippen LogP contribution in [0.5, 0.6) is 5.88 Å². The number of aromatic nitrogens is 1. The lowest BCUT2D eigenvalue weighted by atomic mass is 9.88. The Labute approximate surface area is 188 Å². The van der Waals surface area contributed by atoms with Crippen molar-refractivity contribution in [3.05, 3.63) is 17.8 Å². The Morgan fingerprint density at radius 2 is 2.16 bits per heavy atom. The lowest BCUT2D eigenvalue weighted by Gasteiger charge is -2.41. The van der Waals surface area contributed by atoms with E-state index < -0.39 is 12.3 Å². The van der Waals surface area contributed by atoms with E-state index >= 15 is 0 Å². The molecule has 32 heavy (non-hydrogen) atoms. The fourth-order valence-corrected chi connectivity index (χ4v) is 3.71. The van der Waals surface area contributed by atoms with E-state index in [1.807, 2.05) is 19.9 Å². The number of ether oxygens (including phenoxy) is 4. The van der Waals surface area contributed by atoms with Crippen LogP contribution in [0.25, 0.3) is 0 Å². The normalized spacial score (nSPS) is 18.8. The number of methoxy groups -OCH3 is 1. The second kappa shape index (κ2) is 11.2. The lowest BCUT2D eigenvalue weighted by molar-refractivity contribution is -0.153. The summed E-state index contributed by atoms with van der Waals surface area (Å²) in [7, 11) is 1.67. The van der Waals surface area contributed by atoms with Gasteiger partial charge >= 0.3 is 0 Å². The number of hydrogen-bond acceptors (Lipinski definition) is 8. The molecule has 1 aromatic heterocycles. The van der Waals surface area contributed by atoms with Crippen LogP contribution >= 0.6 is 0 Å². The highest BCUT2D eigenvalue weighted by Crippen LogP contribution is 2.34. The molecule has 2 N–H and O–H groups in total. The summed E-state index contributed by atoms with van der Waals surface area (Å²) in [6, 6.07) is 3.13. The van der Waals surface area contributed by atoms with E-state index in [4.69, 9.17) is 18.9 Å². The summed E-state index contributed by atoms with van der Waals surface area (Å²) < 4.78 is 33.9. The van der Waals surface area contributed by atoms with Gasteiger partial charge in [-0.3, -0.25) is 4.79 Å². The van der Waals surface area contributed by atoms with Gasteiger partial charge in [0.1, 0.15) is 18.0 Å². The largest absolute Gasteiger partial charge is 0.475 e. The molecule has 3 rings (SSSR count). The Morgan fingerprint density at radius 1 is 1.41 bits per heavy atom. The van der Waals surface area contributed by atoms with E-state index in [0.29, 0.717) is 44.5 Å². The maximum absolute atomic E-state index is 12.9. The van der Waals surface area contributed by atoms with Gasteiger partial charge in [-0.15, -0.1) is 0 Å². The smallest absolute Gasteiger partial charge is 0.270 e. The van der Waals surface area contributed by atoms with Crippen molar-refractivity contribution in [3.8, 4) is 5.88 Å². The molecule has 0 aromatic carbocycles. The molecule has 10 heteroatoms. The van der Waals surface area contributed by atoms with Crippen LogP contribution < -0.4 is 15.0 Å². The van der Waals surface area contributed by atoms with Crippen molar-refractivity contribution in [1.82, 2.24) is 10.3 Å². The van der Waals surface area contributed by atoms with Crippen LogP contribution in [-0.2, 0) is 14.2 Å². The number of halogens is 1. The molecule has 2 aliphatic rings. The summed E-state index contributed by atoms with van der Waals surface area (Å²) in [4.78, 5) is 19.4. The molecule has 3 heterocycles. The Bertz CT molecular complexity index is 750. The SMILES string of the molecule is COC1CN(c2ccc(C(=O)NC(COCF)CC(C)C)nc2OCC2(CO)COC2)C1. The van der Waals surface area contributed by atoms with E-state index in [2.05, 4.69) is 15.2 Å². The van der Waals surface area contributed by atoms with Crippen molar-refractivity contribution < 1.29 is 33.2 Å². The number of alkyl halides is 1. The summed E-state index contributed by atoms with van der Waals surface area (Å²) in [6.45, 7) is 5.65. The first-order valence-electron chi connectivity index (χ1n) is 10.9. The van der Waals surface area contributed by atoms with Gasteiger partial charge in [0, 0.05) is 20.2 Å². The molecule has 180 valence electrons. The molecule has 1 amide bonds. The van der Waals surface area contributed by atoms with Crippen molar-refractivity contribution in [1.29, 1.82) is 0 Å². The number of nitrogens with one attached hydrogen (secondary N) is 1. The Balaban J connectivity index is 1.74. The zero-order valence-corrected chi connectivity index (χ0v) is 19.0. The number of aliphatic hydroxyl groups is 1. The van der Waals surface area contributed by atoms with Crippen LogP contribution in [0, 0.1) is 11.3 Å². The molecular formula is C22H34FN3O6. The number of carbonyl (C=O) groups is 1. The van der Waals surface area contributed by atoms with Gasteiger partial charge in [-0.25, -0.2) is 9.37 Å². The minimum absolute atomic E-state index is 0.0522.